The molecule has 5 nitrogen and oxygen atoms in total. The van der Waals surface area contributed by atoms with Crippen LogP contribution in [0, 0.1) is 13.8 Å². The minimum absolute atomic E-state index is 0.230. The molecule has 3 aromatic carbocycles. The van der Waals surface area contributed by atoms with Gasteiger partial charge in [-0.1, -0.05) is 41.5 Å². The molecule has 1 aliphatic rings. The number of hydrogen-bond acceptors (Lipinski definition) is 4. The highest BCUT2D eigenvalue weighted by molar-refractivity contribution is 5.77. The summed E-state index contributed by atoms with van der Waals surface area (Å²) in [5, 5.41) is 2.86. The summed E-state index contributed by atoms with van der Waals surface area (Å²) in [6.07, 6.45) is 2.44. The van der Waals surface area contributed by atoms with E-state index in [0.717, 1.165) is 18.8 Å². The van der Waals surface area contributed by atoms with E-state index in [-0.39, 0.29) is 5.56 Å². The van der Waals surface area contributed by atoms with Crippen LogP contribution in [0.25, 0.3) is 11.0 Å². The fraction of sp³-hybridized carbons (Fsp3) is 0.269. The second kappa shape index (κ2) is 8.08. The maximum atomic E-state index is 11.6. The van der Waals surface area contributed by atoms with E-state index in [1.54, 1.807) is 18.2 Å². The Kier molecular flexibility index (Phi) is 5.12. The van der Waals surface area contributed by atoms with E-state index >= 15 is 0 Å². The van der Waals surface area contributed by atoms with Gasteiger partial charge in [0, 0.05) is 18.7 Å². The maximum absolute atomic E-state index is 11.6. The minimum Gasteiger partial charge on any atom is -0.457 e. The molecule has 5 rings (SSSR count). The molecule has 2 heterocycles. The highest BCUT2D eigenvalue weighted by Gasteiger charge is 2.26. The van der Waals surface area contributed by atoms with Crippen molar-refractivity contribution >= 4 is 11.0 Å². The number of ether oxygens (including phenoxy) is 1. The van der Waals surface area contributed by atoms with Gasteiger partial charge in [-0.05, 0) is 68.6 Å². The number of rotatable bonds is 5. The van der Waals surface area contributed by atoms with Crippen LogP contribution in [0.4, 0.5) is 0 Å². The molecular weight excluding hydrogens is 388 g/mol. The van der Waals surface area contributed by atoms with Gasteiger partial charge in [0.25, 0.3) is 5.56 Å². The number of aryl methyl sites for hydroxylation is 2. The van der Waals surface area contributed by atoms with E-state index in [1.165, 1.54) is 35.1 Å². The number of nitrogens with zero attached hydrogens (tertiary/aromatic N) is 1. The van der Waals surface area contributed by atoms with Gasteiger partial charge in [-0.3, -0.25) is 9.69 Å². The van der Waals surface area contributed by atoms with Gasteiger partial charge in [0.05, 0.1) is 5.39 Å². The number of fused-ring (bicyclic) bond motifs is 1. The lowest BCUT2D eigenvalue weighted by Crippen LogP contribution is -2.22. The lowest BCUT2D eigenvalue weighted by molar-refractivity contribution is 0.248. The van der Waals surface area contributed by atoms with Crippen LogP contribution < -0.4 is 10.3 Å². The van der Waals surface area contributed by atoms with Crippen molar-refractivity contribution in [3.05, 3.63) is 93.3 Å². The number of aromatic nitrogens is 1. The zero-order valence-corrected chi connectivity index (χ0v) is 17.9. The first kappa shape index (κ1) is 19.6. The quantitative estimate of drug-likeness (QED) is 0.444. The van der Waals surface area contributed by atoms with Crippen LogP contribution in [0.15, 0.2) is 70.0 Å². The molecule has 1 saturated heterocycles. The monoisotopic (exact) mass is 414 g/mol. The van der Waals surface area contributed by atoms with Crippen molar-refractivity contribution in [2.24, 2.45) is 0 Å². The van der Waals surface area contributed by atoms with Crippen LogP contribution in [0.2, 0.25) is 0 Å². The molecule has 1 aliphatic heterocycles. The fourth-order valence-electron chi connectivity index (χ4n) is 4.62. The molecule has 1 atom stereocenters. The van der Waals surface area contributed by atoms with E-state index in [9.17, 15) is 4.79 Å². The molecule has 31 heavy (non-hydrogen) atoms. The third kappa shape index (κ3) is 4.14. The van der Waals surface area contributed by atoms with Crippen LogP contribution in [-0.2, 0) is 6.54 Å². The summed E-state index contributed by atoms with van der Waals surface area (Å²) in [5.74, 6) is 1.39. The summed E-state index contributed by atoms with van der Waals surface area (Å²) >= 11 is 0. The van der Waals surface area contributed by atoms with E-state index in [0.29, 0.717) is 22.8 Å². The van der Waals surface area contributed by atoms with Gasteiger partial charge in [0.2, 0.25) is 0 Å². The second-order valence-electron chi connectivity index (χ2n) is 8.49. The summed E-state index contributed by atoms with van der Waals surface area (Å²) in [6, 6.07) is 20.8. The molecule has 5 heteroatoms. The number of H-pyrrole nitrogens is 1. The Morgan fingerprint density at radius 2 is 1.74 bits per heavy atom. The van der Waals surface area contributed by atoms with Crippen molar-refractivity contribution < 1.29 is 9.26 Å². The van der Waals surface area contributed by atoms with E-state index in [1.807, 2.05) is 12.1 Å². The van der Waals surface area contributed by atoms with E-state index < -0.39 is 0 Å². The number of nitrogens with one attached hydrogen (secondary N) is 1. The first-order chi connectivity index (χ1) is 15.0. The highest BCUT2D eigenvalue weighted by atomic mass is 16.5. The number of benzene rings is 3. The molecule has 4 aromatic rings. The van der Waals surface area contributed by atoms with Crippen molar-refractivity contribution in [1.82, 2.24) is 10.1 Å². The normalized spacial score (nSPS) is 16.8. The Hall–Kier alpha value is -3.31. The smallest absolute Gasteiger partial charge is 0.287 e. The third-order valence-corrected chi connectivity index (χ3v) is 5.99. The molecule has 1 N–H and O–H groups in total. The summed E-state index contributed by atoms with van der Waals surface area (Å²) in [5.41, 5.74) is 5.64. The molecule has 0 aliphatic carbocycles. The summed E-state index contributed by atoms with van der Waals surface area (Å²) in [6.45, 7) is 6.40. The molecule has 0 amide bonds. The predicted octanol–water partition coefficient (Wildman–Crippen LogP) is 5.87. The van der Waals surface area contributed by atoms with Crippen LogP contribution in [0.5, 0.6) is 11.5 Å². The topological polar surface area (TPSA) is 58.5 Å². The highest BCUT2D eigenvalue weighted by Crippen LogP contribution is 2.34. The summed E-state index contributed by atoms with van der Waals surface area (Å²) in [4.78, 5) is 14.2. The number of aromatic amines is 1. The number of likely N-dealkylation sites (tertiary alicyclic amines) is 1. The lowest BCUT2D eigenvalue weighted by atomic mass is 9.99. The van der Waals surface area contributed by atoms with Crippen molar-refractivity contribution in [3.8, 4) is 11.5 Å². The van der Waals surface area contributed by atoms with Gasteiger partial charge in [0.15, 0.2) is 5.58 Å². The Bertz CT molecular complexity index is 1250. The van der Waals surface area contributed by atoms with Gasteiger partial charge in [0.1, 0.15) is 11.5 Å². The van der Waals surface area contributed by atoms with Crippen LogP contribution in [0.3, 0.4) is 0 Å². The third-order valence-electron chi connectivity index (χ3n) is 5.99. The molecule has 158 valence electrons. The predicted molar refractivity (Wildman–Crippen MR) is 122 cm³/mol. The Morgan fingerprint density at radius 3 is 2.52 bits per heavy atom. The molecule has 1 unspecified atom stereocenters. The lowest BCUT2D eigenvalue weighted by Gasteiger charge is -2.25. The molecule has 1 fully saturated rings. The minimum atomic E-state index is -0.230. The van der Waals surface area contributed by atoms with Crippen molar-refractivity contribution in [2.75, 3.05) is 6.54 Å². The standard InChI is InChI=1S/C26H26N2O3/c1-17-12-18(2)14-20(13-17)24-4-3-11-28(24)16-19-5-7-21(8-6-19)30-22-9-10-23-25(15-22)31-27-26(23)29/h5-10,12-15,24H,3-4,11,16H2,1-2H3,(H,27,29). The Morgan fingerprint density at radius 1 is 1.00 bits per heavy atom. The molecule has 1 aromatic heterocycles. The molecule has 0 spiro atoms. The Balaban J connectivity index is 1.28. The van der Waals surface area contributed by atoms with Gasteiger partial charge in [-0.15, -0.1) is 0 Å². The molecule has 0 bridgehead atoms. The zero-order valence-electron chi connectivity index (χ0n) is 17.9. The first-order valence-corrected chi connectivity index (χ1v) is 10.8. The Labute approximate surface area is 181 Å². The average Bonchev–Trinajstić information content (AvgIpc) is 3.35. The van der Waals surface area contributed by atoms with E-state index in [2.05, 4.69) is 54.2 Å². The summed E-state index contributed by atoms with van der Waals surface area (Å²) in [7, 11) is 0. The largest absolute Gasteiger partial charge is 0.457 e. The van der Waals surface area contributed by atoms with Crippen molar-refractivity contribution in [1.29, 1.82) is 0 Å². The summed E-state index contributed by atoms with van der Waals surface area (Å²) < 4.78 is 11.1. The van der Waals surface area contributed by atoms with Crippen molar-refractivity contribution in [2.45, 2.75) is 39.3 Å². The second-order valence-corrected chi connectivity index (χ2v) is 8.49. The fourth-order valence-corrected chi connectivity index (χ4v) is 4.62. The first-order valence-electron chi connectivity index (χ1n) is 10.8. The van der Waals surface area contributed by atoms with E-state index in [4.69, 9.17) is 9.26 Å². The molecule has 0 radical (unpaired) electrons. The van der Waals surface area contributed by atoms with Crippen LogP contribution in [-0.4, -0.2) is 16.6 Å². The number of hydrogen-bond donors (Lipinski definition) is 1. The van der Waals surface area contributed by atoms with Crippen LogP contribution in [0.1, 0.15) is 41.1 Å². The SMILES string of the molecule is Cc1cc(C)cc(C2CCCN2Cc2ccc(Oc3ccc4c(=O)[nH]oc4c3)cc2)c1. The zero-order chi connectivity index (χ0) is 21.4. The molecule has 0 saturated carbocycles. The van der Waals surface area contributed by atoms with Gasteiger partial charge in [-0.2, -0.15) is 5.16 Å². The molecular formula is C26H26N2O3. The van der Waals surface area contributed by atoms with Gasteiger partial charge in [-0.25, -0.2) is 0 Å². The van der Waals surface area contributed by atoms with Gasteiger partial charge < -0.3 is 9.26 Å². The van der Waals surface area contributed by atoms with Crippen LogP contribution >= 0.6 is 0 Å². The van der Waals surface area contributed by atoms with Crippen molar-refractivity contribution in [3.63, 3.8) is 0 Å². The van der Waals surface area contributed by atoms with Gasteiger partial charge >= 0.3 is 0 Å². The maximum Gasteiger partial charge on any atom is 0.287 e. The average molecular weight is 415 g/mol.